The number of halogens is 1. The predicted octanol–water partition coefficient (Wildman–Crippen LogP) is 2.46. The molecule has 0 radical (unpaired) electrons. The zero-order chi connectivity index (χ0) is 10.1. The van der Waals surface area contributed by atoms with Crippen LogP contribution < -0.4 is 4.87 Å². The third-order valence-electron chi connectivity index (χ3n) is 1.84. The molecular weight excluding hydrogens is 220 g/mol. The molecule has 0 fully saturated rings. The highest BCUT2D eigenvalue weighted by atomic mass is 35.5. The van der Waals surface area contributed by atoms with Crippen LogP contribution in [0, 0.1) is 6.92 Å². The van der Waals surface area contributed by atoms with Gasteiger partial charge in [-0.3, -0.25) is 9.78 Å². The van der Waals surface area contributed by atoms with Crippen LogP contribution in [0.1, 0.15) is 5.69 Å². The number of nitrogens with zero attached hydrogens (tertiary/aromatic N) is 1. The molecule has 0 saturated carbocycles. The van der Waals surface area contributed by atoms with Crippen LogP contribution in [0.15, 0.2) is 23.3 Å². The molecule has 0 amide bonds. The average Bonchev–Trinajstić information content (AvgIpc) is 2.46. The summed E-state index contributed by atoms with van der Waals surface area (Å²) in [5.41, 5.74) is 1.69. The molecule has 1 N–H and O–H groups in total. The van der Waals surface area contributed by atoms with Gasteiger partial charge in [0.1, 0.15) is 0 Å². The lowest BCUT2D eigenvalue weighted by molar-refractivity contribution is 1.22. The quantitative estimate of drug-likeness (QED) is 0.812. The lowest BCUT2D eigenvalue weighted by atomic mass is 10.2. The molecule has 0 aromatic carbocycles. The van der Waals surface area contributed by atoms with E-state index in [9.17, 15) is 4.79 Å². The molecule has 2 rings (SSSR count). The SMILES string of the molecule is Cc1[nH]c(=O)sc1-c1ccncc1Cl. The molecule has 2 aromatic rings. The number of pyridine rings is 1. The first-order chi connectivity index (χ1) is 6.68. The van der Waals surface area contributed by atoms with Gasteiger partial charge in [-0.25, -0.2) is 0 Å². The predicted molar refractivity (Wildman–Crippen MR) is 57.9 cm³/mol. The smallest absolute Gasteiger partial charge is 0.305 e. The minimum Gasteiger partial charge on any atom is -0.316 e. The third-order valence-corrected chi connectivity index (χ3v) is 3.16. The van der Waals surface area contributed by atoms with Crippen molar-refractivity contribution in [1.29, 1.82) is 0 Å². The number of thiazole rings is 1. The Labute approximate surface area is 89.4 Å². The molecule has 0 spiro atoms. The number of hydrogen-bond acceptors (Lipinski definition) is 3. The second-order valence-corrected chi connectivity index (χ2v) is 4.21. The van der Waals surface area contributed by atoms with Crippen LogP contribution in [0.5, 0.6) is 0 Å². The van der Waals surface area contributed by atoms with Crippen molar-refractivity contribution in [1.82, 2.24) is 9.97 Å². The van der Waals surface area contributed by atoms with Gasteiger partial charge in [0, 0.05) is 23.7 Å². The van der Waals surface area contributed by atoms with E-state index in [0.29, 0.717) is 5.02 Å². The van der Waals surface area contributed by atoms with Crippen molar-refractivity contribution in [3.05, 3.63) is 38.8 Å². The number of rotatable bonds is 1. The molecule has 72 valence electrons. The average molecular weight is 227 g/mol. The van der Waals surface area contributed by atoms with Gasteiger partial charge in [0.25, 0.3) is 0 Å². The van der Waals surface area contributed by atoms with Crippen molar-refractivity contribution in [3.8, 4) is 10.4 Å². The normalized spacial score (nSPS) is 10.4. The minimum absolute atomic E-state index is 0.0645. The summed E-state index contributed by atoms with van der Waals surface area (Å²) in [7, 11) is 0. The topological polar surface area (TPSA) is 45.8 Å². The highest BCUT2D eigenvalue weighted by Crippen LogP contribution is 2.30. The Balaban J connectivity index is 2.66. The Morgan fingerprint density at radius 1 is 1.57 bits per heavy atom. The highest BCUT2D eigenvalue weighted by Gasteiger charge is 2.09. The van der Waals surface area contributed by atoms with Crippen molar-refractivity contribution in [2.24, 2.45) is 0 Å². The van der Waals surface area contributed by atoms with Crippen LogP contribution in [-0.2, 0) is 0 Å². The third kappa shape index (κ3) is 1.58. The zero-order valence-electron chi connectivity index (χ0n) is 7.37. The van der Waals surface area contributed by atoms with Gasteiger partial charge in [0.15, 0.2) is 0 Å². The maximum absolute atomic E-state index is 11.1. The molecule has 2 heterocycles. The molecular formula is C9H7ClN2OS. The van der Waals surface area contributed by atoms with E-state index in [1.807, 2.05) is 6.92 Å². The highest BCUT2D eigenvalue weighted by molar-refractivity contribution is 7.13. The second-order valence-electron chi connectivity index (χ2n) is 2.82. The van der Waals surface area contributed by atoms with Gasteiger partial charge in [-0.2, -0.15) is 0 Å². The summed E-state index contributed by atoms with van der Waals surface area (Å²) in [5, 5.41) is 0.561. The fraction of sp³-hybridized carbons (Fsp3) is 0.111. The van der Waals surface area contributed by atoms with E-state index in [-0.39, 0.29) is 4.87 Å². The number of aromatic nitrogens is 2. The van der Waals surface area contributed by atoms with E-state index >= 15 is 0 Å². The van der Waals surface area contributed by atoms with E-state index in [4.69, 9.17) is 11.6 Å². The molecule has 0 atom stereocenters. The number of H-pyrrole nitrogens is 1. The van der Waals surface area contributed by atoms with Crippen LogP contribution in [0.3, 0.4) is 0 Å². The number of aromatic amines is 1. The van der Waals surface area contributed by atoms with E-state index in [0.717, 1.165) is 27.5 Å². The van der Waals surface area contributed by atoms with Crippen molar-refractivity contribution in [2.75, 3.05) is 0 Å². The van der Waals surface area contributed by atoms with Crippen LogP contribution >= 0.6 is 22.9 Å². The molecule has 0 unspecified atom stereocenters. The van der Waals surface area contributed by atoms with Crippen LogP contribution in [0.25, 0.3) is 10.4 Å². The van der Waals surface area contributed by atoms with Gasteiger partial charge in [0.2, 0.25) is 0 Å². The Bertz CT molecular complexity index is 518. The van der Waals surface area contributed by atoms with Gasteiger partial charge in [0.05, 0.1) is 9.90 Å². The Morgan fingerprint density at radius 2 is 2.36 bits per heavy atom. The van der Waals surface area contributed by atoms with Crippen molar-refractivity contribution >= 4 is 22.9 Å². The summed E-state index contributed by atoms with van der Waals surface area (Å²) in [6, 6.07) is 1.80. The summed E-state index contributed by atoms with van der Waals surface area (Å²) in [6.07, 6.45) is 3.23. The standard InChI is InChI=1S/C9H7ClN2OS/c1-5-8(14-9(13)12-5)6-2-3-11-4-7(6)10/h2-4H,1H3,(H,12,13). The van der Waals surface area contributed by atoms with E-state index in [1.54, 1.807) is 18.5 Å². The summed E-state index contributed by atoms with van der Waals surface area (Å²) < 4.78 is 0. The first-order valence-corrected chi connectivity index (χ1v) is 5.17. The fourth-order valence-corrected chi connectivity index (χ4v) is 2.37. The second kappa shape index (κ2) is 3.55. The molecule has 0 aliphatic heterocycles. The van der Waals surface area contributed by atoms with E-state index in [1.165, 1.54) is 0 Å². The summed E-state index contributed by atoms with van der Waals surface area (Å²) >= 11 is 7.13. The molecule has 0 bridgehead atoms. The lowest BCUT2D eigenvalue weighted by Gasteiger charge is -2.00. The zero-order valence-corrected chi connectivity index (χ0v) is 8.95. The van der Waals surface area contributed by atoms with Gasteiger partial charge in [-0.05, 0) is 13.0 Å². The molecule has 3 nitrogen and oxygen atoms in total. The summed E-state index contributed by atoms with van der Waals surface area (Å²) in [5.74, 6) is 0. The van der Waals surface area contributed by atoms with Gasteiger partial charge in [-0.1, -0.05) is 22.9 Å². The van der Waals surface area contributed by atoms with Gasteiger partial charge in [-0.15, -0.1) is 0 Å². The number of nitrogens with one attached hydrogen (secondary N) is 1. The largest absolute Gasteiger partial charge is 0.316 e. The van der Waals surface area contributed by atoms with Gasteiger partial charge >= 0.3 is 4.87 Å². The van der Waals surface area contributed by atoms with E-state index < -0.39 is 0 Å². The summed E-state index contributed by atoms with van der Waals surface area (Å²) in [6.45, 7) is 1.85. The Hall–Kier alpha value is -1.13. The molecule has 0 aliphatic rings. The Kier molecular flexibility index (Phi) is 2.39. The van der Waals surface area contributed by atoms with Crippen molar-refractivity contribution in [3.63, 3.8) is 0 Å². The lowest BCUT2D eigenvalue weighted by Crippen LogP contribution is -1.91. The maximum atomic E-state index is 11.1. The molecule has 5 heteroatoms. The molecule has 0 saturated heterocycles. The Morgan fingerprint density at radius 3 is 2.93 bits per heavy atom. The van der Waals surface area contributed by atoms with Crippen molar-refractivity contribution < 1.29 is 0 Å². The van der Waals surface area contributed by atoms with Gasteiger partial charge < -0.3 is 4.98 Å². The molecule has 0 aliphatic carbocycles. The van der Waals surface area contributed by atoms with Crippen LogP contribution in [0.2, 0.25) is 5.02 Å². The first kappa shape index (κ1) is 9.43. The first-order valence-electron chi connectivity index (χ1n) is 3.98. The minimum atomic E-state index is -0.0645. The van der Waals surface area contributed by atoms with Crippen molar-refractivity contribution in [2.45, 2.75) is 6.92 Å². The number of hydrogen-bond donors (Lipinski definition) is 1. The maximum Gasteiger partial charge on any atom is 0.305 e. The molecule has 2 aromatic heterocycles. The van der Waals surface area contributed by atoms with Crippen LogP contribution in [-0.4, -0.2) is 9.97 Å². The van der Waals surface area contributed by atoms with Crippen LogP contribution in [0.4, 0.5) is 0 Å². The summed E-state index contributed by atoms with van der Waals surface area (Å²) in [4.78, 5) is 18.5. The fourth-order valence-electron chi connectivity index (χ4n) is 1.22. The molecule has 14 heavy (non-hydrogen) atoms. The van der Waals surface area contributed by atoms with E-state index in [2.05, 4.69) is 9.97 Å². The number of aryl methyl sites for hydroxylation is 1. The monoisotopic (exact) mass is 226 g/mol.